The van der Waals surface area contributed by atoms with E-state index in [-0.39, 0.29) is 24.0 Å². The highest BCUT2D eigenvalue weighted by Crippen LogP contribution is 2.40. The van der Waals surface area contributed by atoms with E-state index < -0.39 is 17.7 Å². The summed E-state index contributed by atoms with van der Waals surface area (Å²) in [7, 11) is 1.55. The van der Waals surface area contributed by atoms with Gasteiger partial charge in [0.1, 0.15) is 29.1 Å². The standard InChI is InChI=1S/C22H23NO6/c1-13-5-10-17(29-13)19-18(20(24)14-6-8-15(27-2)9-7-14)21(25)22(26)23(19)12-16-4-3-11-28-16/h5-10,16,19,24H,3-4,11-12H2,1-2H3. The molecule has 2 fully saturated rings. The Morgan fingerprint density at radius 1 is 1.21 bits per heavy atom. The highest BCUT2D eigenvalue weighted by atomic mass is 16.5. The summed E-state index contributed by atoms with van der Waals surface area (Å²) in [5.74, 6) is 0.102. The second-order valence-electron chi connectivity index (χ2n) is 7.26. The van der Waals surface area contributed by atoms with Crippen LogP contribution < -0.4 is 4.74 Å². The maximum Gasteiger partial charge on any atom is 0.295 e. The number of methoxy groups -OCH3 is 1. The van der Waals surface area contributed by atoms with Gasteiger partial charge in [-0.1, -0.05) is 0 Å². The zero-order chi connectivity index (χ0) is 20.5. The number of Topliss-reactive ketones (excluding diaryl/α,β-unsaturated/α-hetero) is 1. The third-order valence-corrected chi connectivity index (χ3v) is 5.36. The number of carbonyl (C=O) groups excluding carboxylic acids is 2. The van der Waals surface area contributed by atoms with Crippen molar-refractivity contribution >= 4 is 17.4 Å². The summed E-state index contributed by atoms with van der Waals surface area (Å²) in [6, 6.07) is 9.37. The van der Waals surface area contributed by atoms with Gasteiger partial charge in [0.15, 0.2) is 0 Å². The van der Waals surface area contributed by atoms with Crippen molar-refractivity contribution in [1.29, 1.82) is 0 Å². The lowest BCUT2D eigenvalue weighted by Gasteiger charge is -2.25. The molecule has 1 aromatic heterocycles. The number of aliphatic hydroxyl groups excluding tert-OH is 1. The Hall–Kier alpha value is -3.06. The lowest BCUT2D eigenvalue weighted by molar-refractivity contribution is -0.141. The van der Waals surface area contributed by atoms with E-state index in [1.165, 1.54) is 4.90 Å². The van der Waals surface area contributed by atoms with Crippen molar-refractivity contribution in [2.24, 2.45) is 0 Å². The summed E-state index contributed by atoms with van der Waals surface area (Å²) < 4.78 is 16.6. The Morgan fingerprint density at radius 2 is 1.97 bits per heavy atom. The number of ketones is 1. The molecular formula is C22H23NO6. The summed E-state index contributed by atoms with van der Waals surface area (Å²) in [5.41, 5.74) is 0.446. The summed E-state index contributed by atoms with van der Waals surface area (Å²) in [5, 5.41) is 11.0. The van der Waals surface area contributed by atoms with Gasteiger partial charge >= 0.3 is 0 Å². The predicted molar refractivity (Wildman–Crippen MR) is 104 cm³/mol. The van der Waals surface area contributed by atoms with Gasteiger partial charge in [-0.25, -0.2) is 0 Å². The number of aliphatic hydroxyl groups is 1. The number of ether oxygens (including phenoxy) is 2. The quantitative estimate of drug-likeness (QED) is 0.473. The van der Waals surface area contributed by atoms with Crippen LogP contribution >= 0.6 is 0 Å². The predicted octanol–water partition coefficient (Wildman–Crippen LogP) is 3.20. The number of rotatable bonds is 5. The molecule has 1 N–H and O–H groups in total. The van der Waals surface area contributed by atoms with Crippen molar-refractivity contribution in [2.45, 2.75) is 31.9 Å². The van der Waals surface area contributed by atoms with Gasteiger partial charge in [-0.3, -0.25) is 9.59 Å². The fourth-order valence-corrected chi connectivity index (χ4v) is 3.88. The van der Waals surface area contributed by atoms with E-state index in [9.17, 15) is 14.7 Å². The molecule has 2 unspecified atom stereocenters. The molecule has 0 radical (unpaired) electrons. The lowest BCUT2D eigenvalue weighted by Crippen LogP contribution is -2.36. The van der Waals surface area contributed by atoms with Crippen LogP contribution in [0.25, 0.3) is 5.76 Å². The molecule has 2 aliphatic heterocycles. The molecule has 1 amide bonds. The minimum atomic E-state index is -0.796. The monoisotopic (exact) mass is 397 g/mol. The van der Waals surface area contributed by atoms with Crippen molar-refractivity contribution in [1.82, 2.24) is 4.90 Å². The van der Waals surface area contributed by atoms with Crippen molar-refractivity contribution in [3.05, 3.63) is 59.1 Å². The van der Waals surface area contributed by atoms with Gasteiger partial charge in [0, 0.05) is 18.7 Å². The number of hydrogen-bond donors (Lipinski definition) is 1. The number of hydrogen-bond acceptors (Lipinski definition) is 6. The molecule has 2 saturated heterocycles. The molecule has 3 heterocycles. The maximum atomic E-state index is 12.9. The normalized spacial score (nSPS) is 23.7. The molecular weight excluding hydrogens is 374 g/mol. The van der Waals surface area contributed by atoms with E-state index in [4.69, 9.17) is 13.9 Å². The molecule has 0 saturated carbocycles. The van der Waals surface area contributed by atoms with Crippen molar-refractivity contribution in [3.63, 3.8) is 0 Å². The van der Waals surface area contributed by atoms with Crippen LogP contribution in [0.2, 0.25) is 0 Å². The van der Waals surface area contributed by atoms with Gasteiger partial charge in [0.05, 0.1) is 18.8 Å². The fraction of sp³-hybridized carbons (Fsp3) is 0.364. The summed E-state index contributed by atoms with van der Waals surface area (Å²) in [6.45, 7) is 2.71. The number of amides is 1. The minimum absolute atomic E-state index is 0.0208. The van der Waals surface area contributed by atoms with Crippen LogP contribution in [0.3, 0.4) is 0 Å². The summed E-state index contributed by atoms with van der Waals surface area (Å²) in [6.07, 6.45) is 1.61. The van der Waals surface area contributed by atoms with E-state index >= 15 is 0 Å². The third kappa shape index (κ3) is 3.53. The highest BCUT2D eigenvalue weighted by Gasteiger charge is 2.48. The molecule has 0 spiro atoms. The first-order valence-corrected chi connectivity index (χ1v) is 9.60. The number of benzene rings is 1. The van der Waals surface area contributed by atoms with Crippen molar-refractivity contribution in [3.8, 4) is 5.75 Å². The Kier molecular flexibility index (Phi) is 5.15. The second-order valence-corrected chi connectivity index (χ2v) is 7.26. The Morgan fingerprint density at radius 3 is 2.55 bits per heavy atom. The van der Waals surface area contributed by atoms with Gasteiger partial charge in [0.25, 0.3) is 11.7 Å². The van der Waals surface area contributed by atoms with E-state index in [2.05, 4.69) is 0 Å². The number of aryl methyl sites for hydroxylation is 1. The average Bonchev–Trinajstić information content (AvgIpc) is 3.45. The van der Waals surface area contributed by atoms with Crippen LogP contribution in [-0.2, 0) is 14.3 Å². The fourth-order valence-electron chi connectivity index (χ4n) is 3.88. The SMILES string of the molecule is COc1ccc(C(O)=C2C(=O)C(=O)N(CC3CCCO3)C2c2ccc(C)o2)cc1. The molecule has 2 aliphatic rings. The molecule has 1 aromatic carbocycles. The minimum Gasteiger partial charge on any atom is -0.507 e. The van der Waals surface area contributed by atoms with Crippen LogP contribution in [0, 0.1) is 6.92 Å². The van der Waals surface area contributed by atoms with E-state index in [1.54, 1.807) is 50.4 Å². The molecule has 2 atom stereocenters. The Bertz CT molecular complexity index is 952. The van der Waals surface area contributed by atoms with E-state index in [1.807, 2.05) is 0 Å². The molecule has 4 rings (SSSR count). The van der Waals surface area contributed by atoms with Crippen LogP contribution in [0.4, 0.5) is 0 Å². The summed E-state index contributed by atoms with van der Waals surface area (Å²) in [4.78, 5) is 27.2. The number of likely N-dealkylation sites (tertiary alicyclic amines) is 1. The molecule has 152 valence electrons. The van der Waals surface area contributed by atoms with Crippen LogP contribution in [0.15, 0.2) is 46.4 Å². The van der Waals surface area contributed by atoms with E-state index in [0.717, 1.165) is 12.8 Å². The van der Waals surface area contributed by atoms with Gasteiger partial charge < -0.3 is 23.9 Å². The Balaban J connectivity index is 1.78. The summed E-state index contributed by atoms with van der Waals surface area (Å²) >= 11 is 0. The topological polar surface area (TPSA) is 89.2 Å². The Labute approximate surface area is 168 Å². The van der Waals surface area contributed by atoms with Gasteiger partial charge in [-0.05, 0) is 56.2 Å². The average molecular weight is 397 g/mol. The first-order valence-electron chi connectivity index (χ1n) is 9.60. The molecule has 29 heavy (non-hydrogen) atoms. The number of nitrogens with zero attached hydrogens (tertiary/aromatic N) is 1. The highest BCUT2D eigenvalue weighted by molar-refractivity contribution is 6.46. The van der Waals surface area contributed by atoms with Gasteiger partial charge in [-0.15, -0.1) is 0 Å². The lowest BCUT2D eigenvalue weighted by atomic mass is 9.99. The first-order chi connectivity index (χ1) is 14.0. The van der Waals surface area contributed by atoms with Crippen LogP contribution in [-0.4, -0.2) is 48.1 Å². The molecule has 7 nitrogen and oxygen atoms in total. The molecule has 7 heteroatoms. The van der Waals surface area contributed by atoms with Gasteiger partial charge in [-0.2, -0.15) is 0 Å². The molecule has 0 aliphatic carbocycles. The zero-order valence-electron chi connectivity index (χ0n) is 16.4. The maximum absolute atomic E-state index is 12.9. The van der Waals surface area contributed by atoms with Crippen LogP contribution in [0.5, 0.6) is 5.75 Å². The number of carbonyl (C=O) groups is 2. The van der Waals surface area contributed by atoms with Crippen LogP contribution in [0.1, 0.15) is 36.0 Å². The third-order valence-electron chi connectivity index (χ3n) is 5.36. The van der Waals surface area contributed by atoms with Gasteiger partial charge in [0.2, 0.25) is 0 Å². The molecule has 0 bridgehead atoms. The second kappa shape index (κ2) is 7.75. The van der Waals surface area contributed by atoms with Crippen molar-refractivity contribution < 1.29 is 28.6 Å². The molecule has 2 aromatic rings. The largest absolute Gasteiger partial charge is 0.507 e. The zero-order valence-corrected chi connectivity index (χ0v) is 16.4. The van der Waals surface area contributed by atoms with E-state index in [0.29, 0.717) is 29.4 Å². The smallest absolute Gasteiger partial charge is 0.295 e. The number of furan rings is 1. The van der Waals surface area contributed by atoms with Crippen molar-refractivity contribution in [2.75, 3.05) is 20.3 Å². The first kappa shape index (κ1) is 19.3.